The molecule has 1 amide bonds. The predicted octanol–water partition coefficient (Wildman–Crippen LogP) is 1.71. The average molecular weight is 449 g/mol. The molecule has 0 heterocycles. The second-order valence-corrected chi connectivity index (χ2v) is 7.74. The number of ether oxygens (including phenoxy) is 2. The maximum atomic E-state index is 12.1. The highest BCUT2D eigenvalue weighted by Crippen LogP contribution is 2.25. The Hall–Kier alpha value is -3.77. The molecule has 11 nitrogen and oxygen atoms in total. The van der Waals surface area contributed by atoms with E-state index in [1.165, 1.54) is 62.7 Å². The fraction of sp³-hybridized carbons (Fsp3) is 0.158. The van der Waals surface area contributed by atoms with E-state index in [0.29, 0.717) is 5.56 Å². The minimum atomic E-state index is -3.79. The van der Waals surface area contributed by atoms with Crippen LogP contribution >= 0.6 is 0 Å². The van der Waals surface area contributed by atoms with Crippen molar-refractivity contribution < 1.29 is 32.4 Å². The number of amides is 1. The summed E-state index contributed by atoms with van der Waals surface area (Å²) in [6.45, 7) is -0.669. The van der Waals surface area contributed by atoms with Gasteiger partial charge in [0.2, 0.25) is 10.0 Å². The Labute approximate surface area is 177 Å². The van der Waals surface area contributed by atoms with Crippen LogP contribution in [0.3, 0.4) is 0 Å². The van der Waals surface area contributed by atoms with Crippen LogP contribution in [0.15, 0.2) is 53.4 Å². The first kappa shape index (κ1) is 23.5. The van der Waals surface area contributed by atoms with Crippen molar-refractivity contribution in [3.8, 4) is 5.75 Å². The number of nitrogens with one attached hydrogen (secondary N) is 2. The highest BCUT2D eigenvalue weighted by Gasteiger charge is 2.18. The van der Waals surface area contributed by atoms with Crippen molar-refractivity contribution in [2.45, 2.75) is 4.90 Å². The summed E-state index contributed by atoms with van der Waals surface area (Å²) < 4.78 is 36.1. The summed E-state index contributed by atoms with van der Waals surface area (Å²) in [5.74, 6) is -1.50. The molecule has 0 spiro atoms. The van der Waals surface area contributed by atoms with Crippen LogP contribution in [-0.2, 0) is 24.3 Å². The minimum absolute atomic E-state index is 0.0272. The molecule has 0 bridgehead atoms. The van der Waals surface area contributed by atoms with Gasteiger partial charge in [0.15, 0.2) is 6.61 Å². The van der Waals surface area contributed by atoms with E-state index in [2.05, 4.69) is 10.0 Å². The number of anilines is 1. The number of esters is 1. The number of carbonyl (C=O) groups excluding carboxylic acids is 2. The predicted molar refractivity (Wildman–Crippen MR) is 111 cm³/mol. The van der Waals surface area contributed by atoms with Crippen molar-refractivity contribution in [3.63, 3.8) is 0 Å². The van der Waals surface area contributed by atoms with Gasteiger partial charge in [-0.15, -0.1) is 0 Å². The highest BCUT2D eigenvalue weighted by molar-refractivity contribution is 7.89. The van der Waals surface area contributed by atoms with Gasteiger partial charge in [-0.1, -0.05) is 18.2 Å². The molecule has 164 valence electrons. The van der Waals surface area contributed by atoms with Gasteiger partial charge in [0.1, 0.15) is 16.3 Å². The third-order valence-corrected chi connectivity index (χ3v) is 5.31. The minimum Gasteiger partial charge on any atom is -0.495 e. The summed E-state index contributed by atoms with van der Waals surface area (Å²) in [7, 11) is -1.21. The maximum Gasteiger partial charge on any atom is 0.331 e. The van der Waals surface area contributed by atoms with Crippen molar-refractivity contribution in [1.29, 1.82) is 0 Å². The number of hydrogen-bond donors (Lipinski definition) is 2. The Morgan fingerprint density at radius 1 is 1.19 bits per heavy atom. The first-order valence-corrected chi connectivity index (χ1v) is 10.2. The number of nitro groups is 1. The molecule has 0 atom stereocenters. The van der Waals surface area contributed by atoms with Crippen molar-refractivity contribution in [1.82, 2.24) is 4.72 Å². The smallest absolute Gasteiger partial charge is 0.331 e. The Morgan fingerprint density at radius 2 is 1.90 bits per heavy atom. The molecular weight excluding hydrogens is 430 g/mol. The van der Waals surface area contributed by atoms with E-state index in [4.69, 9.17) is 9.47 Å². The van der Waals surface area contributed by atoms with E-state index >= 15 is 0 Å². The highest BCUT2D eigenvalue weighted by atomic mass is 32.2. The third-order valence-electron chi connectivity index (χ3n) is 3.88. The van der Waals surface area contributed by atoms with Crippen LogP contribution in [-0.4, -0.2) is 46.0 Å². The Bertz CT molecular complexity index is 1130. The van der Waals surface area contributed by atoms with Crippen molar-refractivity contribution >= 4 is 39.4 Å². The van der Waals surface area contributed by atoms with E-state index < -0.39 is 33.4 Å². The van der Waals surface area contributed by atoms with Crippen LogP contribution in [0.5, 0.6) is 5.75 Å². The number of methoxy groups -OCH3 is 1. The Balaban J connectivity index is 2.01. The molecule has 2 rings (SSSR count). The van der Waals surface area contributed by atoms with Gasteiger partial charge in [-0.25, -0.2) is 17.9 Å². The zero-order valence-corrected chi connectivity index (χ0v) is 17.3. The molecule has 0 fully saturated rings. The standard InChI is InChI=1S/C19H19N3O8S/c1-20-31(27,28)17-11-13(7-9-16(17)29-2)8-10-19(24)30-12-18(23)21-14-5-3-4-6-15(14)22(25)26/h3-11,20H,12H2,1-2H3,(H,21,23)/b10-8+. The van der Waals surface area contributed by atoms with E-state index in [1.807, 2.05) is 0 Å². The maximum absolute atomic E-state index is 12.1. The molecule has 0 radical (unpaired) electrons. The molecule has 0 saturated carbocycles. The third kappa shape index (κ3) is 6.35. The molecule has 31 heavy (non-hydrogen) atoms. The first-order chi connectivity index (χ1) is 14.7. The van der Waals surface area contributed by atoms with Gasteiger partial charge < -0.3 is 14.8 Å². The van der Waals surface area contributed by atoms with Gasteiger partial charge in [-0.2, -0.15) is 0 Å². The lowest BCUT2D eigenvalue weighted by Gasteiger charge is -2.09. The molecular formula is C19H19N3O8S. The number of nitro benzene ring substituents is 1. The average Bonchev–Trinajstić information content (AvgIpc) is 2.76. The topological polar surface area (TPSA) is 154 Å². The van der Waals surface area contributed by atoms with Crippen LogP contribution in [0.2, 0.25) is 0 Å². The van der Waals surface area contributed by atoms with Crippen LogP contribution in [0.25, 0.3) is 6.08 Å². The fourth-order valence-corrected chi connectivity index (χ4v) is 3.32. The second kappa shape index (κ2) is 10.3. The lowest BCUT2D eigenvalue weighted by molar-refractivity contribution is -0.383. The largest absolute Gasteiger partial charge is 0.495 e. The van der Waals surface area contributed by atoms with E-state index in [0.717, 1.165) is 6.08 Å². The van der Waals surface area contributed by atoms with Gasteiger partial charge in [0, 0.05) is 12.1 Å². The fourth-order valence-electron chi connectivity index (χ4n) is 2.39. The molecule has 0 aliphatic rings. The van der Waals surface area contributed by atoms with Crippen LogP contribution < -0.4 is 14.8 Å². The lowest BCUT2D eigenvalue weighted by Crippen LogP contribution is -2.20. The van der Waals surface area contributed by atoms with Crippen LogP contribution in [0, 0.1) is 10.1 Å². The molecule has 2 aromatic carbocycles. The molecule has 12 heteroatoms. The number of hydrogen-bond acceptors (Lipinski definition) is 8. The van der Waals surface area contributed by atoms with Gasteiger partial charge in [-0.05, 0) is 36.9 Å². The van der Waals surface area contributed by atoms with Gasteiger partial charge >= 0.3 is 5.97 Å². The second-order valence-electron chi connectivity index (χ2n) is 5.88. The van der Waals surface area contributed by atoms with Crippen LogP contribution in [0.1, 0.15) is 5.56 Å². The lowest BCUT2D eigenvalue weighted by atomic mass is 10.2. The number of carbonyl (C=O) groups is 2. The zero-order chi connectivity index (χ0) is 23.0. The monoisotopic (exact) mass is 449 g/mol. The molecule has 2 aromatic rings. The van der Waals surface area contributed by atoms with Crippen molar-refractivity contribution in [2.24, 2.45) is 0 Å². The Kier molecular flexibility index (Phi) is 7.82. The van der Waals surface area contributed by atoms with Crippen molar-refractivity contribution in [3.05, 3.63) is 64.2 Å². The van der Waals surface area contributed by atoms with Crippen molar-refractivity contribution in [2.75, 3.05) is 26.1 Å². The number of nitrogens with zero attached hydrogens (tertiary/aromatic N) is 1. The molecule has 0 unspecified atom stereocenters. The quantitative estimate of drug-likeness (QED) is 0.254. The molecule has 2 N–H and O–H groups in total. The number of benzene rings is 2. The normalized spacial score (nSPS) is 11.2. The molecule has 0 aliphatic heterocycles. The molecule has 0 aromatic heterocycles. The SMILES string of the molecule is CNS(=O)(=O)c1cc(/C=C/C(=O)OCC(=O)Nc2ccccc2[N+](=O)[O-])ccc1OC. The summed E-state index contributed by atoms with van der Waals surface area (Å²) in [4.78, 5) is 33.9. The zero-order valence-electron chi connectivity index (χ0n) is 16.5. The number of rotatable bonds is 9. The van der Waals surface area contributed by atoms with E-state index in [-0.39, 0.29) is 22.0 Å². The number of sulfonamides is 1. The summed E-state index contributed by atoms with van der Waals surface area (Å²) in [6.07, 6.45) is 2.31. The van der Waals surface area contributed by atoms with Gasteiger partial charge in [-0.3, -0.25) is 14.9 Å². The van der Waals surface area contributed by atoms with E-state index in [1.54, 1.807) is 0 Å². The van der Waals surface area contributed by atoms with Crippen LogP contribution in [0.4, 0.5) is 11.4 Å². The van der Waals surface area contributed by atoms with Gasteiger partial charge in [0.05, 0.1) is 12.0 Å². The molecule has 0 saturated heterocycles. The summed E-state index contributed by atoms with van der Waals surface area (Å²) >= 11 is 0. The molecule has 0 aliphatic carbocycles. The Morgan fingerprint density at radius 3 is 2.55 bits per heavy atom. The van der Waals surface area contributed by atoms with E-state index in [9.17, 15) is 28.1 Å². The number of para-hydroxylation sites is 2. The van der Waals surface area contributed by atoms with Gasteiger partial charge in [0.25, 0.3) is 11.6 Å². The summed E-state index contributed by atoms with van der Waals surface area (Å²) in [5, 5.41) is 13.2. The summed E-state index contributed by atoms with van der Waals surface area (Å²) in [6, 6.07) is 9.78. The summed E-state index contributed by atoms with van der Waals surface area (Å²) in [5.41, 5.74) is 0.0467. The first-order valence-electron chi connectivity index (χ1n) is 8.67.